The van der Waals surface area contributed by atoms with Crippen LogP contribution in [0, 0.1) is 0 Å². The number of ether oxygens (including phenoxy) is 1. The highest BCUT2D eigenvalue weighted by molar-refractivity contribution is 5.89. The van der Waals surface area contributed by atoms with Crippen molar-refractivity contribution < 1.29 is 9.53 Å². The van der Waals surface area contributed by atoms with Crippen LogP contribution in [0.3, 0.4) is 0 Å². The molecule has 0 bridgehead atoms. The van der Waals surface area contributed by atoms with Gasteiger partial charge in [0.25, 0.3) is 0 Å². The van der Waals surface area contributed by atoms with Crippen molar-refractivity contribution in [1.82, 2.24) is 0 Å². The maximum absolute atomic E-state index is 11.4. The van der Waals surface area contributed by atoms with Crippen LogP contribution in [0.15, 0.2) is 24.3 Å². The van der Waals surface area contributed by atoms with Crippen molar-refractivity contribution in [2.75, 3.05) is 23.7 Å². The van der Waals surface area contributed by atoms with Crippen molar-refractivity contribution in [3.8, 4) is 0 Å². The van der Waals surface area contributed by atoms with Crippen molar-refractivity contribution >= 4 is 17.5 Å². The number of hydrogen-bond donors (Lipinski definition) is 2. The third kappa shape index (κ3) is 1.87. The van der Waals surface area contributed by atoms with Crippen LogP contribution in [0.2, 0.25) is 0 Å². The Hall–Kier alpha value is -1.75. The van der Waals surface area contributed by atoms with Crippen LogP contribution in [0.5, 0.6) is 0 Å². The summed E-state index contributed by atoms with van der Waals surface area (Å²) in [5.41, 5.74) is 12.4. The number of benzene rings is 1. The third-order valence-corrected chi connectivity index (χ3v) is 2.34. The van der Waals surface area contributed by atoms with Gasteiger partial charge in [0.05, 0.1) is 6.54 Å². The summed E-state index contributed by atoms with van der Waals surface area (Å²) >= 11 is 0. The second-order valence-electron chi connectivity index (χ2n) is 3.44. The lowest BCUT2D eigenvalue weighted by molar-refractivity contribution is 0.145. The zero-order valence-electron chi connectivity index (χ0n) is 8.22. The molecular weight excluding hydrogens is 194 g/mol. The summed E-state index contributed by atoms with van der Waals surface area (Å²) in [5, 5.41) is 0. The average Bonchev–Trinajstić information content (AvgIpc) is 2.61. The van der Waals surface area contributed by atoms with Gasteiger partial charge in [0.2, 0.25) is 0 Å². The van der Waals surface area contributed by atoms with Crippen LogP contribution >= 0.6 is 0 Å². The zero-order valence-corrected chi connectivity index (χ0v) is 8.22. The van der Waals surface area contributed by atoms with Crippen LogP contribution in [-0.2, 0) is 4.74 Å². The first-order chi connectivity index (χ1) is 7.20. The van der Waals surface area contributed by atoms with E-state index in [1.54, 1.807) is 29.2 Å². The van der Waals surface area contributed by atoms with Crippen LogP contribution in [0.4, 0.5) is 16.2 Å². The molecule has 1 aliphatic heterocycles. The Bertz CT molecular complexity index is 363. The lowest BCUT2D eigenvalue weighted by Crippen LogP contribution is -2.27. The number of cyclic esters (lactones) is 1. The summed E-state index contributed by atoms with van der Waals surface area (Å²) in [7, 11) is 0. The van der Waals surface area contributed by atoms with E-state index in [-0.39, 0.29) is 12.2 Å². The highest BCUT2D eigenvalue weighted by Crippen LogP contribution is 2.22. The highest BCUT2D eigenvalue weighted by Gasteiger charge is 2.31. The number of nitrogens with zero attached hydrogens (tertiary/aromatic N) is 1. The smallest absolute Gasteiger partial charge is 0.414 e. The van der Waals surface area contributed by atoms with Gasteiger partial charge in [-0.05, 0) is 24.3 Å². The average molecular weight is 207 g/mol. The molecule has 0 saturated carbocycles. The van der Waals surface area contributed by atoms with Gasteiger partial charge in [-0.15, -0.1) is 0 Å². The van der Waals surface area contributed by atoms with E-state index in [9.17, 15) is 4.79 Å². The van der Waals surface area contributed by atoms with Crippen LogP contribution in [0.1, 0.15) is 0 Å². The fourth-order valence-electron chi connectivity index (χ4n) is 1.51. The number of nitrogen functional groups attached to an aromatic ring is 1. The Morgan fingerprint density at radius 2 is 2.07 bits per heavy atom. The molecule has 0 radical (unpaired) electrons. The van der Waals surface area contributed by atoms with Gasteiger partial charge in [-0.1, -0.05) is 0 Å². The minimum Gasteiger partial charge on any atom is -0.443 e. The Kier molecular flexibility index (Phi) is 2.47. The van der Waals surface area contributed by atoms with Gasteiger partial charge in [-0.3, -0.25) is 4.90 Å². The molecular formula is C10H13N3O2. The molecule has 0 aliphatic carbocycles. The zero-order chi connectivity index (χ0) is 10.8. The fraction of sp³-hybridized carbons (Fsp3) is 0.300. The molecule has 5 heteroatoms. The second-order valence-corrected chi connectivity index (χ2v) is 3.44. The molecule has 80 valence electrons. The Morgan fingerprint density at radius 3 is 2.60 bits per heavy atom. The van der Waals surface area contributed by atoms with Crippen molar-refractivity contribution in [3.63, 3.8) is 0 Å². The van der Waals surface area contributed by atoms with E-state index in [2.05, 4.69) is 0 Å². The van der Waals surface area contributed by atoms with E-state index in [0.29, 0.717) is 18.8 Å². The Balaban J connectivity index is 2.18. The van der Waals surface area contributed by atoms with Gasteiger partial charge >= 0.3 is 6.09 Å². The predicted octanol–water partition coefficient (Wildman–Crippen LogP) is 0.553. The van der Waals surface area contributed by atoms with E-state index in [1.807, 2.05) is 0 Å². The number of carbonyl (C=O) groups excluding carboxylic acids is 1. The molecule has 1 saturated heterocycles. The first-order valence-corrected chi connectivity index (χ1v) is 4.74. The van der Waals surface area contributed by atoms with E-state index in [0.717, 1.165) is 5.69 Å². The van der Waals surface area contributed by atoms with Crippen molar-refractivity contribution in [2.24, 2.45) is 5.73 Å². The molecule has 4 N–H and O–H groups in total. The molecule has 1 aromatic rings. The molecule has 1 heterocycles. The summed E-state index contributed by atoms with van der Waals surface area (Å²) in [6.07, 6.45) is -0.565. The maximum atomic E-state index is 11.4. The van der Waals surface area contributed by atoms with Crippen molar-refractivity contribution in [2.45, 2.75) is 6.10 Å². The molecule has 5 nitrogen and oxygen atoms in total. The lowest BCUT2D eigenvalue weighted by atomic mass is 10.2. The summed E-state index contributed by atoms with van der Waals surface area (Å²) < 4.78 is 5.04. The number of hydrogen-bond acceptors (Lipinski definition) is 4. The van der Waals surface area contributed by atoms with E-state index in [1.165, 1.54) is 0 Å². The lowest BCUT2D eigenvalue weighted by Gasteiger charge is -2.12. The van der Waals surface area contributed by atoms with E-state index < -0.39 is 0 Å². The van der Waals surface area contributed by atoms with E-state index in [4.69, 9.17) is 16.2 Å². The molecule has 0 aromatic heterocycles. The minimum atomic E-state index is -0.352. The number of carbonyl (C=O) groups is 1. The van der Waals surface area contributed by atoms with Gasteiger partial charge in [0, 0.05) is 17.9 Å². The molecule has 1 aromatic carbocycles. The number of nitrogens with two attached hydrogens (primary N) is 2. The molecule has 0 unspecified atom stereocenters. The Morgan fingerprint density at radius 1 is 1.40 bits per heavy atom. The van der Waals surface area contributed by atoms with E-state index >= 15 is 0 Å². The monoisotopic (exact) mass is 207 g/mol. The number of anilines is 2. The normalized spacial score (nSPS) is 20.5. The van der Waals surface area contributed by atoms with Gasteiger partial charge in [0.1, 0.15) is 6.10 Å². The van der Waals surface area contributed by atoms with Crippen LogP contribution in [0.25, 0.3) is 0 Å². The molecule has 2 rings (SSSR count). The molecule has 1 fully saturated rings. The number of amides is 1. The maximum Gasteiger partial charge on any atom is 0.414 e. The molecule has 1 atom stereocenters. The first-order valence-electron chi connectivity index (χ1n) is 4.74. The molecule has 1 amide bonds. The minimum absolute atomic E-state index is 0.213. The van der Waals surface area contributed by atoms with Crippen molar-refractivity contribution in [1.29, 1.82) is 0 Å². The quantitative estimate of drug-likeness (QED) is 0.694. The van der Waals surface area contributed by atoms with Crippen molar-refractivity contribution in [3.05, 3.63) is 24.3 Å². The summed E-state index contributed by atoms with van der Waals surface area (Å²) in [6, 6.07) is 7.07. The summed E-state index contributed by atoms with van der Waals surface area (Å²) in [4.78, 5) is 13.0. The third-order valence-electron chi connectivity index (χ3n) is 2.34. The highest BCUT2D eigenvalue weighted by atomic mass is 16.6. The summed E-state index contributed by atoms with van der Waals surface area (Å²) in [5.74, 6) is 0. The van der Waals surface area contributed by atoms with Gasteiger partial charge in [-0.2, -0.15) is 0 Å². The predicted molar refractivity (Wildman–Crippen MR) is 57.5 cm³/mol. The SMILES string of the molecule is NC[C@@H]1CN(c2ccc(N)cc2)C(=O)O1. The molecule has 0 spiro atoms. The first kappa shape index (κ1) is 9.79. The standard InChI is InChI=1S/C10H13N3O2/c11-5-9-6-13(10(14)15-9)8-3-1-7(12)2-4-8/h1-4,9H,5-6,11-12H2/t9-/m1/s1. The van der Waals surface area contributed by atoms with Crippen LogP contribution in [-0.4, -0.2) is 25.3 Å². The topological polar surface area (TPSA) is 81.6 Å². The largest absolute Gasteiger partial charge is 0.443 e. The Labute approximate surface area is 87.6 Å². The second kappa shape index (κ2) is 3.78. The van der Waals surface area contributed by atoms with Crippen LogP contribution < -0.4 is 16.4 Å². The van der Waals surface area contributed by atoms with Gasteiger partial charge in [0.15, 0.2) is 0 Å². The number of rotatable bonds is 2. The van der Waals surface area contributed by atoms with Gasteiger partial charge < -0.3 is 16.2 Å². The fourth-order valence-corrected chi connectivity index (χ4v) is 1.51. The molecule has 15 heavy (non-hydrogen) atoms. The summed E-state index contributed by atoms with van der Waals surface area (Å²) in [6.45, 7) is 0.844. The molecule has 1 aliphatic rings. The van der Waals surface area contributed by atoms with Gasteiger partial charge in [-0.25, -0.2) is 4.79 Å².